The monoisotopic (exact) mass is 361 g/mol. The number of nitrogens with one attached hydrogen (secondary N) is 1. The lowest BCUT2D eigenvalue weighted by atomic mass is 10.0. The molecule has 5 rings (SSSR count). The third kappa shape index (κ3) is 2.40. The first kappa shape index (κ1) is 14.9. The second kappa shape index (κ2) is 5.58. The topological polar surface area (TPSA) is 51.0 Å². The molecular weight excluding hydrogens is 345 g/mol. The van der Waals surface area contributed by atoms with Crippen LogP contribution < -0.4 is 5.32 Å². The molecule has 24 heavy (non-hydrogen) atoms. The maximum Gasteiger partial charge on any atom is 0.147 e. The van der Waals surface area contributed by atoms with Gasteiger partial charge in [-0.15, -0.1) is 0 Å². The fourth-order valence-electron chi connectivity index (χ4n) is 3.89. The summed E-state index contributed by atoms with van der Waals surface area (Å²) in [6, 6.07) is 0. The SMILES string of the molecule is Clc1cncc(Cl)c1-c1noc(C2CC2)c1/C=C/C1C2CNCC12. The molecule has 0 bridgehead atoms. The Balaban J connectivity index is 1.55. The third-order valence-electron chi connectivity index (χ3n) is 5.44. The Bertz CT molecular complexity index is 797. The van der Waals surface area contributed by atoms with E-state index in [0.717, 1.165) is 54.8 Å². The van der Waals surface area contributed by atoms with Crippen LogP contribution >= 0.6 is 23.2 Å². The second-order valence-electron chi connectivity index (χ2n) is 6.98. The van der Waals surface area contributed by atoms with Crippen molar-refractivity contribution in [1.29, 1.82) is 0 Å². The van der Waals surface area contributed by atoms with Crippen LogP contribution in [0.15, 0.2) is 23.0 Å². The normalized spacial score (nSPS) is 28.5. The van der Waals surface area contributed by atoms with Crippen molar-refractivity contribution >= 4 is 29.3 Å². The molecule has 1 N–H and O–H groups in total. The lowest BCUT2D eigenvalue weighted by Gasteiger charge is -2.04. The van der Waals surface area contributed by atoms with E-state index >= 15 is 0 Å². The molecule has 124 valence electrons. The molecule has 2 aromatic rings. The summed E-state index contributed by atoms with van der Waals surface area (Å²) in [5.41, 5.74) is 2.47. The molecule has 2 aliphatic carbocycles. The quantitative estimate of drug-likeness (QED) is 0.876. The minimum atomic E-state index is 0.477. The summed E-state index contributed by atoms with van der Waals surface area (Å²) < 4.78 is 5.68. The number of fused-ring (bicyclic) bond motifs is 1. The number of hydrogen-bond acceptors (Lipinski definition) is 4. The number of halogens is 2. The number of pyridine rings is 1. The van der Waals surface area contributed by atoms with E-state index in [-0.39, 0.29) is 0 Å². The number of rotatable bonds is 4. The predicted molar refractivity (Wildman–Crippen MR) is 94.1 cm³/mol. The number of nitrogens with zero attached hydrogens (tertiary/aromatic N) is 2. The first-order valence-electron chi connectivity index (χ1n) is 8.42. The van der Waals surface area contributed by atoms with Gasteiger partial charge in [0.1, 0.15) is 11.5 Å². The van der Waals surface area contributed by atoms with Crippen LogP contribution in [-0.4, -0.2) is 23.2 Å². The highest BCUT2D eigenvalue weighted by atomic mass is 35.5. The average molecular weight is 362 g/mol. The fourth-order valence-corrected chi connectivity index (χ4v) is 4.43. The van der Waals surface area contributed by atoms with Gasteiger partial charge in [-0.1, -0.05) is 40.5 Å². The average Bonchev–Trinajstić information content (AvgIpc) is 3.42. The van der Waals surface area contributed by atoms with E-state index < -0.39 is 0 Å². The summed E-state index contributed by atoms with van der Waals surface area (Å²) in [5.74, 6) is 3.70. The van der Waals surface area contributed by atoms with Gasteiger partial charge in [0.25, 0.3) is 0 Å². The molecule has 2 atom stereocenters. The lowest BCUT2D eigenvalue weighted by Crippen LogP contribution is -2.13. The Morgan fingerprint density at radius 1 is 1.12 bits per heavy atom. The zero-order valence-electron chi connectivity index (χ0n) is 13.0. The van der Waals surface area contributed by atoms with E-state index in [4.69, 9.17) is 27.7 Å². The zero-order chi connectivity index (χ0) is 16.3. The van der Waals surface area contributed by atoms with Gasteiger partial charge in [0.05, 0.1) is 10.0 Å². The summed E-state index contributed by atoms with van der Waals surface area (Å²) in [4.78, 5) is 4.03. The Kier molecular flexibility index (Phi) is 3.47. The van der Waals surface area contributed by atoms with Gasteiger partial charge < -0.3 is 9.84 Å². The molecule has 4 nitrogen and oxygen atoms in total. The predicted octanol–water partition coefficient (Wildman–Crippen LogP) is 4.40. The van der Waals surface area contributed by atoms with Crippen molar-refractivity contribution in [3.05, 3.63) is 39.8 Å². The summed E-state index contributed by atoms with van der Waals surface area (Å²) in [7, 11) is 0. The summed E-state index contributed by atoms with van der Waals surface area (Å²) in [6.45, 7) is 2.27. The molecule has 0 aromatic carbocycles. The van der Waals surface area contributed by atoms with Gasteiger partial charge in [0.15, 0.2) is 0 Å². The highest BCUT2D eigenvalue weighted by Gasteiger charge is 2.51. The molecule has 2 saturated carbocycles. The van der Waals surface area contributed by atoms with Gasteiger partial charge in [-0.2, -0.15) is 0 Å². The summed E-state index contributed by atoms with van der Waals surface area (Å²) >= 11 is 12.7. The lowest BCUT2D eigenvalue weighted by molar-refractivity contribution is 0.386. The van der Waals surface area contributed by atoms with E-state index in [0.29, 0.717) is 27.4 Å². The Hall–Kier alpha value is -1.36. The molecule has 6 heteroatoms. The zero-order valence-corrected chi connectivity index (χ0v) is 14.5. The first-order chi connectivity index (χ1) is 11.7. The van der Waals surface area contributed by atoms with Gasteiger partial charge in [-0.3, -0.25) is 4.98 Å². The second-order valence-corrected chi connectivity index (χ2v) is 7.80. The molecule has 3 aliphatic rings. The van der Waals surface area contributed by atoms with Crippen molar-refractivity contribution in [2.24, 2.45) is 17.8 Å². The highest BCUT2D eigenvalue weighted by Crippen LogP contribution is 2.51. The standard InChI is InChI=1S/C18H17Cl2N3O/c19-14-7-22-8-15(20)16(14)17-11(18(24-23-17)9-1-2-9)4-3-10-12-5-21-6-13(10)12/h3-4,7-10,12-13,21H,1-2,5-6H2/b4-3+. The molecule has 3 heterocycles. The number of aromatic nitrogens is 2. The van der Waals surface area contributed by atoms with Crippen molar-refractivity contribution in [3.63, 3.8) is 0 Å². The molecule has 1 saturated heterocycles. The molecule has 0 spiro atoms. The van der Waals surface area contributed by atoms with Gasteiger partial charge in [-0.05, 0) is 43.7 Å². The van der Waals surface area contributed by atoms with Crippen LogP contribution in [0.2, 0.25) is 10.0 Å². The van der Waals surface area contributed by atoms with E-state index in [9.17, 15) is 0 Å². The Morgan fingerprint density at radius 2 is 1.83 bits per heavy atom. The van der Waals surface area contributed by atoms with Crippen LogP contribution in [0.4, 0.5) is 0 Å². The van der Waals surface area contributed by atoms with Gasteiger partial charge >= 0.3 is 0 Å². The molecule has 0 amide bonds. The van der Waals surface area contributed by atoms with Gasteiger partial charge in [-0.25, -0.2) is 0 Å². The van der Waals surface area contributed by atoms with Crippen LogP contribution in [0.5, 0.6) is 0 Å². The van der Waals surface area contributed by atoms with Crippen molar-refractivity contribution < 1.29 is 4.52 Å². The van der Waals surface area contributed by atoms with Crippen LogP contribution in [0.3, 0.4) is 0 Å². The van der Waals surface area contributed by atoms with E-state index in [1.54, 1.807) is 12.4 Å². The van der Waals surface area contributed by atoms with Crippen LogP contribution in [0, 0.1) is 17.8 Å². The molecule has 0 radical (unpaired) electrons. The summed E-state index contributed by atoms with van der Waals surface area (Å²) in [6.07, 6.45) is 10.0. The third-order valence-corrected chi connectivity index (χ3v) is 6.01. The van der Waals surface area contributed by atoms with Crippen molar-refractivity contribution in [1.82, 2.24) is 15.5 Å². The van der Waals surface area contributed by atoms with Crippen LogP contribution in [0.25, 0.3) is 17.3 Å². The highest BCUT2D eigenvalue weighted by molar-refractivity contribution is 6.39. The van der Waals surface area contributed by atoms with E-state index in [1.807, 2.05) is 0 Å². The Morgan fingerprint density at radius 3 is 2.50 bits per heavy atom. The van der Waals surface area contributed by atoms with E-state index in [2.05, 4.69) is 27.6 Å². The first-order valence-corrected chi connectivity index (χ1v) is 9.17. The van der Waals surface area contributed by atoms with Crippen molar-refractivity contribution in [2.75, 3.05) is 13.1 Å². The van der Waals surface area contributed by atoms with Gasteiger partial charge in [0.2, 0.25) is 0 Å². The number of allylic oxidation sites excluding steroid dienone is 1. The maximum atomic E-state index is 6.33. The number of hydrogen-bond donors (Lipinski definition) is 1. The minimum Gasteiger partial charge on any atom is -0.360 e. The van der Waals surface area contributed by atoms with Crippen LogP contribution in [-0.2, 0) is 0 Å². The van der Waals surface area contributed by atoms with Crippen molar-refractivity contribution in [3.8, 4) is 11.3 Å². The molecule has 1 aliphatic heterocycles. The van der Waals surface area contributed by atoms with Gasteiger partial charge in [0, 0.05) is 29.4 Å². The number of piperidine rings is 1. The fraction of sp³-hybridized carbons (Fsp3) is 0.444. The largest absolute Gasteiger partial charge is 0.360 e. The van der Waals surface area contributed by atoms with E-state index in [1.165, 1.54) is 0 Å². The van der Waals surface area contributed by atoms with Crippen molar-refractivity contribution in [2.45, 2.75) is 18.8 Å². The molecule has 2 aromatic heterocycles. The molecule has 2 unspecified atom stereocenters. The summed E-state index contributed by atoms with van der Waals surface area (Å²) in [5, 5.41) is 8.74. The smallest absolute Gasteiger partial charge is 0.147 e. The molecular formula is C18H17Cl2N3O. The minimum absolute atomic E-state index is 0.477. The maximum absolute atomic E-state index is 6.33. The Labute approximate surface area is 150 Å². The van der Waals surface area contributed by atoms with Crippen LogP contribution in [0.1, 0.15) is 30.1 Å². The molecule has 3 fully saturated rings.